The van der Waals surface area contributed by atoms with E-state index in [0.29, 0.717) is 12.1 Å². The van der Waals surface area contributed by atoms with E-state index in [9.17, 15) is 24.0 Å². The minimum absolute atomic E-state index is 0.185. The highest BCUT2D eigenvalue weighted by atomic mass is 16.2. The van der Waals surface area contributed by atoms with Crippen molar-refractivity contribution in [1.82, 2.24) is 25.8 Å². The molecule has 11 nitrogen and oxygen atoms in total. The summed E-state index contributed by atoms with van der Waals surface area (Å²) in [7, 11) is 2.11. The van der Waals surface area contributed by atoms with E-state index < -0.39 is 42.1 Å². The van der Waals surface area contributed by atoms with E-state index in [2.05, 4.69) is 67.4 Å². The van der Waals surface area contributed by atoms with Crippen LogP contribution in [0.1, 0.15) is 76.4 Å². The van der Waals surface area contributed by atoms with Gasteiger partial charge in [-0.3, -0.25) is 24.0 Å². The molecule has 2 aromatic carbocycles. The Labute approximate surface area is 280 Å². The Bertz CT molecular complexity index is 1330. The average Bonchev–Trinajstić information content (AvgIpc) is 3.38. The highest BCUT2D eigenvalue weighted by Crippen LogP contribution is 2.24. The van der Waals surface area contributed by atoms with Gasteiger partial charge in [0.25, 0.3) is 11.8 Å². The predicted molar refractivity (Wildman–Crippen MR) is 186 cm³/mol. The molecule has 4 rings (SSSR count). The van der Waals surface area contributed by atoms with E-state index in [1.54, 1.807) is 19.1 Å². The molecule has 0 bridgehead atoms. The van der Waals surface area contributed by atoms with Crippen molar-refractivity contribution in [2.45, 2.75) is 80.1 Å². The summed E-state index contributed by atoms with van der Waals surface area (Å²) in [5.41, 5.74) is 3.38. The summed E-state index contributed by atoms with van der Waals surface area (Å²) in [5, 5.41) is 7.54. The molecule has 1 unspecified atom stereocenters. The third kappa shape index (κ3) is 12.5. The van der Waals surface area contributed by atoms with Crippen molar-refractivity contribution in [3.63, 3.8) is 0 Å². The fraction of sp³-hybridized carbons (Fsp3) is 0.528. The van der Waals surface area contributed by atoms with Crippen LogP contribution in [0.4, 0.5) is 5.69 Å². The summed E-state index contributed by atoms with van der Waals surface area (Å²) >= 11 is 0. The number of rotatable bonds is 10. The van der Waals surface area contributed by atoms with Crippen LogP contribution in [0.2, 0.25) is 0 Å². The topological polar surface area (TPSA) is 131 Å². The van der Waals surface area contributed by atoms with Gasteiger partial charge in [-0.15, -0.1) is 0 Å². The number of anilines is 1. The maximum Gasteiger partial charge on any atom is 0.289 e. The summed E-state index contributed by atoms with van der Waals surface area (Å²) in [5.74, 6) is -2.11. The van der Waals surface area contributed by atoms with Gasteiger partial charge < -0.3 is 30.7 Å². The summed E-state index contributed by atoms with van der Waals surface area (Å²) in [6.07, 6.45) is 1.25. The van der Waals surface area contributed by atoms with Crippen molar-refractivity contribution in [3.05, 3.63) is 65.2 Å². The minimum Gasteiger partial charge on any atom is -0.369 e. The third-order valence-corrected chi connectivity index (χ3v) is 7.38. The minimum atomic E-state index is -0.968. The van der Waals surface area contributed by atoms with Gasteiger partial charge in [-0.25, -0.2) is 0 Å². The zero-order chi connectivity index (χ0) is 35.1. The molecule has 1 saturated heterocycles. The van der Waals surface area contributed by atoms with E-state index in [0.717, 1.165) is 48.9 Å². The number of hydrogen-bond donors (Lipinski definition) is 3. The van der Waals surface area contributed by atoms with Gasteiger partial charge in [0.2, 0.25) is 17.6 Å². The molecule has 11 heteroatoms. The smallest absolute Gasteiger partial charge is 0.289 e. The molecule has 0 radical (unpaired) electrons. The van der Waals surface area contributed by atoms with E-state index in [1.807, 2.05) is 36.4 Å². The molecular formula is C36H54N6O5. The molecule has 0 aliphatic carbocycles. The molecule has 258 valence electrons. The molecule has 2 atom stereocenters. The van der Waals surface area contributed by atoms with Gasteiger partial charge in [-0.2, -0.15) is 0 Å². The number of piperazine rings is 1. The first-order chi connectivity index (χ1) is 22.3. The van der Waals surface area contributed by atoms with Crippen molar-refractivity contribution in [2.24, 2.45) is 5.92 Å². The van der Waals surface area contributed by atoms with Crippen LogP contribution < -0.4 is 20.9 Å². The third-order valence-electron chi connectivity index (χ3n) is 7.38. The number of carbonyl (C=O) groups is 5. The lowest BCUT2D eigenvalue weighted by molar-refractivity contribution is -0.138. The number of fused-ring (bicyclic) bond motifs is 1. The molecule has 1 fully saturated rings. The summed E-state index contributed by atoms with van der Waals surface area (Å²) in [6.45, 7) is 17.8. The normalized spacial score (nSPS) is 15.3. The van der Waals surface area contributed by atoms with Crippen LogP contribution in [0.15, 0.2) is 48.5 Å². The van der Waals surface area contributed by atoms with Gasteiger partial charge in [0.1, 0.15) is 12.1 Å². The monoisotopic (exact) mass is 650 g/mol. The number of nitrogens with zero attached hydrogens (tertiary/aromatic N) is 3. The number of carbonyl (C=O) groups excluding carboxylic acids is 5. The van der Waals surface area contributed by atoms with E-state index >= 15 is 0 Å². The fourth-order valence-corrected chi connectivity index (χ4v) is 4.70. The van der Waals surface area contributed by atoms with Gasteiger partial charge in [-0.05, 0) is 56.1 Å². The second-order valence-electron chi connectivity index (χ2n) is 12.7. The zero-order valence-corrected chi connectivity index (χ0v) is 29.4. The average molecular weight is 651 g/mol. The maximum absolute atomic E-state index is 12.7. The molecular weight excluding hydrogens is 596 g/mol. The Morgan fingerprint density at radius 2 is 1.38 bits per heavy atom. The Hall–Kier alpha value is -4.25. The number of nitrogens with one attached hydrogen (secondary N) is 3. The highest BCUT2D eigenvalue weighted by Gasteiger charge is 2.34. The van der Waals surface area contributed by atoms with Gasteiger partial charge in [-0.1, -0.05) is 71.4 Å². The molecule has 2 aromatic rings. The predicted octanol–water partition coefficient (Wildman–Crippen LogP) is 3.37. The van der Waals surface area contributed by atoms with Crippen LogP contribution in [0.5, 0.6) is 0 Å². The lowest BCUT2D eigenvalue weighted by Gasteiger charge is -2.34. The molecule has 4 amide bonds. The molecule has 0 saturated carbocycles. The summed E-state index contributed by atoms with van der Waals surface area (Å²) < 4.78 is 0. The van der Waals surface area contributed by atoms with E-state index in [4.69, 9.17) is 0 Å². The summed E-state index contributed by atoms with van der Waals surface area (Å²) in [6, 6.07) is 13.2. The van der Waals surface area contributed by atoms with Crippen molar-refractivity contribution >= 4 is 35.1 Å². The Morgan fingerprint density at radius 3 is 1.96 bits per heavy atom. The number of hydrogen-bond acceptors (Lipinski definition) is 7. The maximum atomic E-state index is 12.7. The van der Waals surface area contributed by atoms with Crippen molar-refractivity contribution in [3.8, 4) is 0 Å². The van der Waals surface area contributed by atoms with Crippen LogP contribution in [0.25, 0.3) is 0 Å². The van der Waals surface area contributed by atoms with Gasteiger partial charge in [0, 0.05) is 50.5 Å². The van der Waals surface area contributed by atoms with Crippen molar-refractivity contribution in [1.29, 1.82) is 0 Å². The van der Waals surface area contributed by atoms with E-state index in [-0.39, 0.29) is 12.5 Å². The second-order valence-corrected chi connectivity index (χ2v) is 12.7. The van der Waals surface area contributed by atoms with Gasteiger partial charge in [0.15, 0.2) is 0 Å². The number of Topliss-reactive ketones (excluding diaryl/α,β-unsaturated/α-hetero) is 1. The first-order valence-electron chi connectivity index (χ1n) is 16.6. The fourth-order valence-electron chi connectivity index (χ4n) is 4.70. The molecule has 2 aliphatic rings. The SMILES string of the molecule is CC(C(=O)N[C@@H](C)C(=O)NCC(=O)C(=O)NCc1ccc(N2CCN(C)CC2)cc1)N1Cc2ccccc2C1=O.CC(C)C.CCC. The second kappa shape index (κ2) is 19.4. The molecule has 2 aliphatic heterocycles. The first-order valence-corrected chi connectivity index (χ1v) is 16.6. The van der Waals surface area contributed by atoms with Crippen LogP contribution >= 0.6 is 0 Å². The summed E-state index contributed by atoms with van der Waals surface area (Å²) in [4.78, 5) is 68.3. The lowest BCUT2D eigenvalue weighted by atomic mass is 10.1. The first kappa shape index (κ1) is 38.9. The van der Waals surface area contributed by atoms with Crippen molar-refractivity contribution < 1.29 is 24.0 Å². The Balaban J connectivity index is 0.00000100. The molecule has 3 N–H and O–H groups in total. The molecule has 2 heterocycles. The standard InChI is InChI=1S/C29H36N6O5.C4H10.C3H8/c1-19(32-27(38)20(2)35-18-22-6-4-5-7-24(22)29(35)40)26(37)31-17-25(36)28(39)30-16-21-8-10-23(11-9-21)34-14-12-33(3)13-15-34;1-4(2)3;1-3-2/h4-11,19-20H,12-18H2,1-3H3,(H,30,39)(H,31,37)(H,32,38);4H,1-3H3;3H2,1-2H3/t19-,20?;;/m0../s1. The zero-order valence-electron chi connectivity index (χ0n) is 29.4. The number of likely N-dealkylation sites (N-methyl/N-ethyl adjacent to an activating group) is 1. The largest absolute Gasteiger partial charge is 0.369 e. The van der Waals surface area contributed by atoms with Crippen LogP contribution in [0, 0.1) is 5.92 Å². The Kier molecular flexibility index (Phi) is 16.1. The highest BCUT2D eigenvalue weighted by molar-refractivity contribution is 6.37. The number of ketones is 1. The van der Waals surface area contributed by atoms with Crippen molar-refractivity contribution in [2.75, 3.05) is 44.7 Å². The molecule has 0 aromatic heterocycles. The number of amides is 4. The van der Waals surface area contributed by atoms with Crippen LogP contribution in [-0.4, -0.2) is 91.1 Å². The van der Waals surface area contributed by atoms with E-state index in [1.165, 1.54) is 18.2 Å². The van der Waals surface area contributed by atoms with Gasteiger partial charge in [0.05, 0.1) is 6.54 Å². The van der Waals surface area contributed by atoms with Crippen LogP contribution in [0.3, 0.4) is 0 Å². The number of benzene rings is 2. The van der Waals surface area contributed by atoms with Gasteiger partial charge >= 0.3 is 0 Å². The Morgan fingerprint density at radius 1 is 0.809 bits per heavy atom. The molecule has 47 heavy (non-hydrogen) atoms. The molecule has 0 spiro atoms. The van der Waals surface area contributed by atoms with Crippen LogP contribution in [-0.2, 0) is 32.3 Å². The lowest BCUT2D eigenvalue weighted by Crippen LogP contribution is -2.52. The quantitative estimate of drug-likeness (QED) is 0.336.